The van der Waals surface area contributed by atoms with Crippen LogP contribution in [0, 0.1) is 0 Å². The van der Waals surface area contributed by atoms with Crippen LogP contribution in [0.5, 0.6) is 0 Å². The SMILES string of the molecule is C=C1OB(c2ccc(NC)nc2)OC1(C)C. The smallest absolute Gasteiger partial charge is 0.534 e. The third-order valence-corrected chi connectivity index (χ3v) is 2.64. The van der Waals surface area contributed by atoms with Crippen LogP contribution in [-0.2, 0) is 9.31 Å². The maximum absolute atomic E-state index is 5.74. The van der Waals surface area contributed by atoms with Crippen LogP contribution in [-0.4, -0.2) is 24.8 Å². The first kappa shape index (κ1) is 11.0. The summed E-state index contributed by atoms with van der Waals surface area (Å²) < 4.78 is 11.3. The molecule has 4 nitrogen and oxygen atoms in total. The zero-order valence-electron chi connectivity index (χ0n) is 9.78. The summed E-state index contributed by atoms with van der Waals surface area (Å²) in [5.74, 6) is 1.47. The zero-order valence-corrected chi connectivity index (χ0v) is 9.78. The van der Waals surface area contributed by atoms with Crippen LogP contribution in [0.25, 0.3) is 0 Å². The average molecular weight is 218 g/mol. The van der Waals surface area contributed by atoms with Crippen molar-refractivity contribution in [2.75, 3.05) is 12.4 Å². The Hall–Kier alpha value is -1.49. The van der Waals surface area contributed by atoms with Gasteiger partial charge in [0.05, 0.1) is 5.76 Å². The second kappa shape index (κ2) is 3.83. The number of anilines is 1. The van der Waals surface area contributed by atoms with Gasteiger partial charge in [-0.3, -0.25) is 0 Å². The van der Waals surface area contributed by atoms with E-state index in [0.717, 1.165) is 11.3 Å². The van der Waals surface area contributed by atoms with Gasteiger partial charge in [-0.25, -0.2) is 4.98 Å². The first-order chi connectivity index (χ1) is 7.53. The molecular weight excluding hydrogens is 203 g/mol. The summed E-state index contributed by atoms with van der Waals surface area (Å²) in [7, 11) is 1.43. The lowest BCUT2D eigenvalue weighted by Gasteiger charge is -2.15. The Bertz CT molecular complexity index is 403. The maximum atomic E-state index is 5.74. The predicted molar refractivity (Wildman–Crippen MR) is 64.6 cm³/mol. The lowest BCUT2D eigenvalue weighted by atomic mass is 9.80. The van der Waals surface area contributed by atoms with E-state index in [4.69, 9.17) is 9.31 Å². The molecule has 0 aromatic carbocycles. The molecule has 2 heterocycles. The van der Waals surface area contributed by atoms with Crippen molar-refractivity contribution < 1.29 is 9.31 Å². The van der Waals surface area contributed by atoms with Gasteiger partial charge >= 0.3 is 7.12 Å². The molecule has 1 aliphatic rings. The van der Waals surface area contributed by atoms with Crippen LogP contribution >= 0.6 is 0 Å². The predicted octanol–water partition coefficient (Wildman–Crippen LogP) is 1.16. The number of hydrogen-bond acceptors (Lipinski definition) is 4. The van der Waals surface area contributed by atoms with Crippen LogP contribution in [0.3, 0.4) is 0 Å². The van der Waals surface area contributed by atoms with E-state index in [9.17, 15) is 0 Å². The molecule has 0 atom stereocenters. The van der Waals surface area contributed by atoms with Gasteiger partial charge < -0.3 is 14.6 Å². The number of nitrogens with one attached hydrogen (secondary N) is 1. The molecule has 1 aromatic rings. The maximum Gasteiger partial charge on any atom is 0.564 e. The highest BCUT2D eigenvalue weighted by atomic mass is 16.7. The summed E-state index contributed by atoms with van der Waals surface area (Å²) in [5, 5.41) is 2.96. The largest absolute Gasteiger partial charge is 0.564 e. The Balaban J connectivity index is 2.17. The van der Waals surface area contributed by atoms with Crippen molar-refractivity contribution in [2.45, 2.75) is 19.4 Å². The molecule has 0 aliphatic carbocycles. The van der Waals surface area contributed by atoms with Crippen LogP contribution in [0.4, 0.5) is 5.82 Å². The Morgan fingerprint density at radius 1 is 1.44 bits per heavy atom. The van der Waals surface area contributed by atoms with Crippen molar-refractivity contribution >= 4 is 18.4 Å². The molecular formula is C11H15BN2O2. The molecule has 2 rings (SSSR count). The Morgan fingerprint density at radius 3 is 2.62 bits per heavy atom. The van der Waals surface area contributed by atoms with Crippen molar-refractivity contribution in [3.63, 3.8) is 0 Å². The molecule has 16 heavy (non-hydrogen) atoms. The van der Waals surface area contributed by atoms with Gasteiger partial charge in [0.15, 0.2) is 0 Å². The zero-order chi connectivity index (χ0) is 11.8. The van der Waals surface area contributed by atoms with E-state index in [0.29, 0.717) is 5.76 Å². The van der Waals surface area contributed by atoms with E-state index in [2.05, 4.69) is 16.9 Å². The van der Waals surface area contributed by atoms with Crippen LogP contribution in [0.15, 0.2) is 30.7 Å². The van der Waals surface area contributed by atoms with Gasteiger partial charge in [-0.1, -0.05) is 12.6 Å². The summed E-state index contributed by atoms with van der Waals surface area (Å²) in [4.78, 5) is 4.21. The minimum absolute atomic E-state index is 0.402. The fourth-order valence-electron chi connectivity index (χ4n) is 1.46. The topological polar surface area (TPSA) is 43.4 Å². The molecule has 0 unspecified atom stereocenters. The molecule has 1 N–H and O–H groups in total. The molecule has 1 aliphatic heterocycles. The van der Waals surface area contributed by atoms with Crippen molar-refractivity contribution in [1.82, 2.24) is 4.98 Å². The first-order valence-corrected chi connectivity index (χ1v) is 5.20. The first-order valence-electron chi connectivity index (χ1n) is 5.20. The van der Waals surface area contributed by atoms with Crippen molar-refractivity contribution in [1.29, 1.82) is 0 Å². The third-order valence-electron chi connectivity index (χ3n) is 2.64. The minimum atomic E-state index is -0.438. The molecule has 0 amide bonds. The molecule has 1 fully saturated rings. The molecule has 84 valence electrons. The van der Waals surface area contributed by atoms with E-state index in [1.165, 1.54) is 0 Å². The third kappa shape index (κ3) is 1.90. The van der Waals surface area contributed by atoms with Gasteiger partial charge in [-0.15, -0.1) is 0 Å². The van der Waals surface area contributed by atoms with E-state index in [-0.39, 0.29) is 0 Å². The van der Waals surface area contributed by atoms with E-state index in [1.54, 1.807) is 6.20 Å². The number of hydrogen-bond donors (Lipinski definition) is 1. The lowest BCUT2D eigenvalue weighted by molar-refractivity contribution is 0.173. The summed E-state index contributed by atoms with van der Waals surface area (Å²) >= 11 is 0. The van der Waals surface area contributed by atoms with Gasteiger partial charge in [0.2, 0.25) is 0 Å². The summed E-state index contributed by atoms with van der Waals surface area (Å²) in [6, 6.07) is 3.81. The lowest BCUT2D eigenvalue weighted by Crippen LogP contribution is -2.34. The van der Waals surface area contributed by atoms with Crippen LogP contribution in [0.2, 0.25) is 0 Å². The monoisotopic (exact) mass is 218 g/mol. The summed E-state index contributed by atoms with van der Waals surface area (Å²) in [5.41, 5.74) is 0.456. The van der Waals surface area contributed by atoms with Crippen LogP contribution < -0.4 is 10.8 Å². The highest BCUT2D eigenvalue weighted by molar-refractivity contribution is 6.62. The van der Waals surface area contributed by atoms with Gasteiger partial charge in [0.25, 0.3) is 0 Å². The van der Waals surface area contributed by atoms with Crippen molar-refractivity contribution in [3.8, 4) is 0 Å². The van der Waals surface area contributed by atoms with Gasteiger partial charge in [0.1, 0.15) is 11.4 Å². The summed E-state index contributed by atoms with van der Waals surface area (Å²) in [6.07, 6.45) is 1.74. The standard InChI is InChI=1S/C11H15BN2O2/c1-8-11(2,3)16-12(15-8)9-5-6-10(13-4)14-7-9/h5-7H,1H2,2-4H3,(H,13,14). The van der Waals surface area contributed by atoms with E-state index in [1.807, 2.05) is 33.0 Å². The Morgan fingerprint density at radius 2 is 2.19 bits per heavy atom. The van der Waals surface area contributed by atoms with Crippen molar-refractivity contribution in [2.24, 2.45) is 0 Å². The Labute approximate surface area is 95.8 Å². The number of aromatic nitrogens is 1. The summed E-state index contributed by atoms with van der Waals surface area (Å²) in [6.45, 7) is 7.71. The number of rotatable bonds is 2. The fraction of sp³-hybridized carbons (Fsp3) is 0.364. The quantitative estimate of drug-likeness (QED) is 0.756. The number of pyridine rings is 1. The second-order valence-electron chi connectivity index (χ2n) is 4.23. The molecule has 0 spiro atoms. The van der Waals surface area contributed by atoms with Crippen molar-refractivity contribution in [3.05, 3.63) is 30.7 Å². The minimum Gasteiger partial charge on any atom is -0.534 e. The fourth-order valence-corrected chi connectivity index (χ4v) is 1.46. The van der Waals surface area contributed by atoms with Gasteiger partial charge in [-0.05, 0) is 19.9 Å². The molecule has 0 radical (unpaired) electrons. The number of nitrogens with zero attached hydrogens (tertiary/aromatic N) is 1. The van der Waals surface area contributed by atoms with Crippen LogP contribution in [0.1, 0.15) is 13.8 Å². The van der Waals surface area contributed by atoms with E-state index >= 15 is 0 Å². The Kier molecular flexibility index (Phi) is 2.64. The molecule has 0 bridgehead atoms. The molecule has 1 aromatic heterocycles. The average Bonchev–Trinajstić information content (AvgIpc) is 2.54. The highest BCUT2D eigenvalue weighted by Gasteiger charge is 2.42. The van der Waals surface area contributed by atoms with E-state index < -0.39 is 12.7 Å². The highest BCUT2D eigenvalue weighted by Crippen LogP contribution is 2.28. The molecule has 5 heteroatoms. The molecule has 0 saturated carbocycles. The second-order valence-corrected chi connectivity index (χ2v) is 4.23. The normalized spacial score (nSPS) is 18.4. The molecule has 1 saturated heterocycles. The van der Waals surface area contributed by atoms with Gasteiger partial charge in [-0.2, -0.15) is 0 Å². The van der Waals surface area contributed by atoms with Gasteiger partial charge in [0, 0.05) is 18.7 Å².